The molecule has 1 aromatic heterocycles. The summed E-state index contributed by atoms with van der Waals surface area (Å²) in [5, 5.41) is 11.1. The average Bonchev–Trinajstić information content (AvgIpc) is 2.28. The summed E-state index contributed by atoms with van der Waals surface area (Å²) >= 11 is 0. The summed E-state index contributed by atoms with van der Waals surface area (Å²) in [6.07, 6.45) is 0.903. The van der Waals surface area contributed by atoms with Crippen LogP contribution in [0.25, 0.3) is 10.8 Å². The third-order valence-electron chi connectivity index (χ3n) is 2.13. The van der Waals surface area contributed by atoms with Crippen molar-refractivity contribution in [1.82, 2.24) is 4.98 Å². The molecular formula is C10H6F2N2O3. The van der Waals surface area contributed by atoms with Crippen LogP contribution in [-0.2, 0) is 0 Å². The van der Waals surface area contributed by atoms with E-state index in [-0.39, 0.29) is 22.3 Å². The fourth-order valence-corrected chi connectivity index (χ4v) is 1.48. The fraction of sp³-hybridized carbons (Fsp3) is 0.100. The first-order valence-electron chi connectivity index (χ1n) is 4.56. The van der Waals surface area contributed by atoms with E-state index in [0.717, 1.165) is 6.20 Å². The summed E-state index contributed by atoms with van der Waals surface area (Å²) in [7, 11) is 0. The Bertz CT molecular complexity index is 574. The van der Waals surface area contributed by atoms with Crippen LogP contribution in [0.2, 0.25) is 0 Å². The highest BCUT2D eigenvalue weighted by molar-refractivity contribution is 5.93. The van der Waals surface area contributed by atoms with Gasteiger partial charge in [0.05, 0.1) is 15.7 Å². The monoisotopic (exact) mass is 240 g/mol. The minimum Gasteiger partial charge on any atom is -0.416 e. The molecule has 0 bridgehead atoms. The number of nitro groups is 1. The molecule has 0 atom stereocenters. The van der Waals surface area contributed by atoms with Crippen LogP contribution < -0.4 is 4.74 Å². The maximum absolute atomic E-state index is 12.1. The Morgan fingerprint density at radius 3 is 2.53 bits per heavy atom. The minimum absolute atomic E-state index is 0.182. The molecule has 88 valence electrons. The molecule has 2 aromatic rings. The van der Waals surface area contributed by atoms with E-state index in [1.807, 2.05) is 0 Å². The molecule has 0 aliphatic carbocycles. The van der Waals surface area contributed by atoms with Crippen molar-refractivity contribution in [2.24, 2.45) is 0 Å². The largest absolute Gasteiger partial charge is 0.416 e. The quantitative estimate of drug-likeness (QED) is 0.611. The van der Waals surface area contributed by atoms with Crippen molar-refractivity contribution in [1.29, 1.82) is 0 Å². The molecule has 2 rings (SSSR count). The fourth-order valence-electron chi connectivity index (χ4n) is 1.48. The van der Waals surface area contributed by atoms with E-state index in [0.29, 0.717) is 0 Å². The Morgan fingerprint density at radius 2 is 1.94 bits per heavy atom. The molecule has 0 amide bonds. The number of halogens is 2. The van der Waals surface area contributed by atoms with Crippen molar-refractivity contribution < 1.29 is 18.4 Å². The zero-order chi connectivity index (χ0) is 12.4. The second kappa shape index (κ2) is 4.28. The molecule has 1 aromatic carbocycles. The van der Waals surface area contributed by atoms with Gasteiger partial charge in [-0.1, -0.05) is 12.1 Å². The number of alkyl halides is 2. The number of hydrogen-bond acceptors (Lipinski definition) is 4. The highest BCUT2D eigenvalue weighted by Gasteiger charge is 2.17. The van der Waals surface area contributed by atoms with Gasteiger partial charge in [0.2, 0.25) is 5.88 Å². The Balaban J connectivity index is 2.66. The van der Waals surface area contributed by atoms with Crippen molar-refractivity contribution in [2.45, 2.75) is 6.61 Å². The van der Waals surface area contributed by atoms with Crippen LogP contribution in [0.3, 0.4) is 0 Å². The normalized spacial score (nSPS) is 10.8. The van der Waals surface area contributed by atoms with E-state index < -0.39 is 11.5 Å². The lowest BCUT2D eigenvalue weighted by Crippen LogP contribution is -2.04. The van der Waals surface area contributed by atoms with Gasteiger partial charge in [-0.15, -0.1) is 0 Å². The summed E-state index contributed by atoms with van der Waals surface area (Å²) in [5.41, 5.74) is -0.248. The van der Waals surface area contributed by atoms with Crippen molar-refractivity contribution in [2.75, 3.05) is 0 Å². The van der Waals surface area contributed by atoms with Gasteiger partial charge in [-0.05, 0) is 12.1 Å². The number of pyridine rings is 1. The molecule has 0 spiro atoms. The van der Waals surface area contributed by atoms with E-state index in [9.17, 15) is 18.9 Å². The number of benzene rings is 1. The first kappa shape index (κ1) is 11.2. The molecule has 0 saturated heterocycles. The summed E-state index contributed by atoms with van der Waals surface area (Å²) in [4.78, 5) is 13.6. The summed E-state index contributed by atoms with van der Waals surface area (Å²) in [6.45, 7) is -3.02. The van der Waals surface area contributed by atoms with Gasteiger partial charge >= 0.3 is 6.61 Å². The summed E-state index contributed by atoms with van der Waals surface area (Å²) in [6, 6.07) is 6.02. The minimum atomic E-state index is -3.02. The number of rotatable bonds is 3. The number of fused-ring (bicyclic) bond motifs is 1. The van der Waals surface area contributed by atoms with E-state index in [2.05, 4.69) is 9.72 Å². The van der Waals surface area contributed by atoms with Gasteiger partial charge in [0.25, 0.3) is 5.69 Å². The Morgan fingerprint density at radius 1 is 1.29 bits per heavy atom. The molecule has 5 nitrogen and oxygen atoms in total. The molecule has 7 heteroatoms. The third kappa shape index (κ3) is 2.12. The van der Waals surface area contributed by atoms with Crippen molar-refractivity contribution in [3.05, 3.63) is 40.6 Å². The molecular weight excluding hydrogens is 234 g/mol. The van der Waals surface area contributed by atoms with Crippen LogP contribution >= 0.6 is 0 Å². The number of ether oxygens (including phenoxy) is 1. The molecule has 17 heavy (non-hydrogen) atoms. The number of hydrogen-bond donors (Lipinski definition) is 0. The Kier molecular flexibility index (Phi) is 2.82. The van der Waals surface area contributed by atoms with Crippen LogP contribution in [0.1, 0.15) is 0 Å². The third-order valence-corrected chi connectivity index (χ3v) is 2.13. The highest BCUT2D eigenvalue weighted by atomic mass is 19.3. The lowest BCUT2D eigenvalue weighted by molar-refractivity contribution is -0.383. The van der Waals surface area contributed by atoms with Crippen molar-refractivity contribution in [3.8, 4) is 5.88 Å². The van der Waals surface area contributed by atoms with E-state index in [1.165, 1.54) is 12.1 Å². The molecule has 0 aliphatic rings. The number of aromatic nitrogens is 1. The van der Waals surface area contributed by atoms with E-state index in [1.54, 1.807) is 12.1 Å². The first-order chi connectivity index (χ1) is 8.09. The average molecular weight is 240 g/mol. The SMILES string of the molecule is O=[N+]([O-])c1cnc(OC(F)F)c2ccccc12. The maximum Gasteiger partial charge on any atom is 0.388 e. The van der Waals surface area contributed by atoms with Gasteiger partial charge in [0.15, 0.2) is 0 Å². The second-order valence-electron chi connectivity index (χ2n) is 3.13. The molecule has 0 radical (unpaired) electrons. The van der Waals surface area contributed by atoms with Gasteiger partial charge in [-0.25, -0.2) is 4.98 Å². The lowest BCUT2D eigenvalue weighted by Gasteiger charge is -2.06. The van der Waals surface area contributed by atoms with Gasteiger partial charge in [0, 0.05) is 0 Å². The molecule has 0 fully saturated rings. The molecule has 1 heterocycles. The smallest absolute Gasteiger partial charge is 0.388 e. The topological polar surface area (TPSA) is 65.3 Å². The highest BCUT2D eigenvalue weighted by Crippen LogP contribution is 2.31. The molecule has 0 unspecified atom stereocenters. The summed E-state index contributed by atoms with van der Waals surface area (Å²) < 4.78 is 28.4. The van der Waals surface area contributed by atoms with Crippen LogP contribution in [0.15, 0.2) is 30.5 Å². The van der Waals surface area contributed by atoms with Crippen LogP contribution in [0.4, 0.5) is 14.5 Å². The maximum atomic E-state index is 12.1. The van der Waals surface area contributed by atoms with Crippen LogP contribution in [0, 0.1) is 10.1 Å². The zero-order valence-corrected chi connectivity index (χ0v) is 8.34. The zero-order valence-electron chi connectivity index (χ0n) is 8.34. The van der Waals surface area contributed by atoms with E-state index in [4.69, 9.17) is 0 Å². The predicted octanol–water partition coefficient (Wildman–Crippen LogP) is 2.74. The van der Waals surface area contributed by atoms with Crippen LogP contribution in [0.5, 0.6) is 5.88 Å². The first-order valence-corrected chi connectivity index (χ1v) is 4.56. The van der Waals surface area contributed by atoms with Gasteiger partial charge in [-0.3, -0.25) is 10.1 Å². The second-order valence-corrected chi connectivity index (χ2v) is 3.13. The molecule has 0 N–H and O–H groups in total. The standard InChI is InChI=1S/C10H6F2N2O3/c11-10(12)17-9-7-4-2-1-3-6(7)8(5-13-9)14(15)16/h1-5,10H. The van der Waals surface area contributed by atoms with Gasteiger partial charge < -0.3 is 4.74 Å². The van der Waals surface area contributed by atoms with Gasteiger partial charge in [0.1, 0.15) is 6.20 Å². The summed E-state index contributed by atoms with van der Waals surface area (Å²) in [5.74, 6) is -0.318. The van der Waals surface area contributed by atoms with Crippen molar-refractivity contribution in [3.63, 3.8) is 0 Å². The van der Waals surface area contributed by atoms with Crippen LogP contribution in [-0.4, -0.2) is 16.5 Å². The van der Waals surface area contributed by atoms with E-state index >= 15 is 0 Å². The Labute approximate surface area is 93.8 Å². The number of nitrogens with zero attached hydrogens (tertiary/aromatic N) is 2. The molecule has 0 saturated carbocycles. The molecule has 0 aliphatic heterocycles. The predicted molar refractivity (Wildman–Crippen MR) is 55.0 cm³/mol. The lowest BCUT2D eigenvalue weighted by atomic mass is 10.1. The Hall–Kier alpha value is -2.31. The van der Waals surface area contributed by atoms with Gasteiger partial charge in [-0.2, -0.15) is 8.78 Å². The van der Waals surface area contributed by atoms with Crippen molar-refractivity contribution >= 4 is 16.5 Å².